The van der Waals surface area contributed by atoms with Crippen molar-refractivity contribution < 1.29 is 5.11 Å². The van der Waals surface area contributed by atoms with Gasteiger partial charge in [-0.25, -0.2) is 4.98 Å². The van der Waals surface area contributed by atoms with Gasteiger partial charge in [0, 0.05) is 12.7 Å². The molecular formula is C13H23N3O. The quantitative estimate of drug-likeness (QED) is 0.750. The highest BCUT2D eigenvalue weighted by Gasteiger charge is 2.08. The van der Waals surface area contributed by atoms with Gasteiger partial charge in [-0.1, -0.05) is 13.8 Å². The third kappa shape index (κ3) is 5.15. The minimum absolute atomic E-state index is 0.308. The fourth-order valence-electron chi connectivity index (χ4n) is 1.87. The Hall–Kier alpha value is -1.13. The molecule has 0 aliphatic carbocycles. The van der Waals surface area contributed by atoms with Crippen molar-refractivity contribution in [3.63, 3.8) is 0 Å². The summed E-state index contributed by atoms with van der Waals surface area (Å²) in [6, 6.07) is 3.72. The molecule has 0 radical (unpaired) electrons. The Morgan fingerprint density at radius 3 is 2.71 bits per heavy atom. The van der Waals surface area contributed by atoms with Crippen molar-refractivity contribution in [1.29, 1.82) is 0 Å². The summed E-state index contributed by atoms with van der Waals surface area (Å²) >= 11 is 0. The molecule has 0 aliphatic rings. The maximum absolute atomic E-state index is 9.95. The van der Waals surface area contributed by atoms with Crippen LogP contribution >= 0.6 is 0 Å². The third-order valence-corrected chi connectivity index (χ3v) is 2.99. The second-order valence-corrected chi connectivity index (χ2v) is 4.26. The molecule has 3 N–H and O–H groups in total. The van der Waals surface area contributed by atoms with Crippen molar-refractivity contribution in [3.8, 4) is 0 Å². The molecule has 4 nitrogen and oxygen atoms in total. The molecule has 0 amide bonds. The molecule has 17 heavy (non-hydrogen) atoms. The van der Waals surface area contributed by atoms with Gasteiger partial charge >= 0.3 is 0 Å². The predicted molar refractivity (Wildman–Crippen MR) is 70.8 cm³/mol. The maximum Gasteiger partial charge on any atom is 0.123 e. The van der Waals surface area contributed by atoms with E-state index in [0.29, 0.717) is 12.2 Å². The molecule has 0 bridgehead atoms. The highest BCUT2D eigenvalue weighted by Crippen LogP contribution is 2.08. The van der Waals surface area contributed by atoms with Crippen LogP contribution in [-0.2, 0) is 6.42 Å². The molecule has 0 saturated carbocycles. The van der Waals surface area contributed by atoms with Gasteiger partial charge < -0.3 is 15.7 Å². The van der Waals surface area contributed by atoms with Gasteiger partial charge in [0.15, 0.2) is 0 Å². The number of hydrogen-bond donors (Lipinski definition) is 2. The standard InChI is InChI=1S/C13H23N3O/c1-3-16(4-2)8-6-12(17)9-11-5-7-15-13(14)10-11/h5,7,10,12,17H,3-4,6,8-9H2,1-2H3,(H2,14,15). The SMILES string of the molecule is CCN(CC)CCC(O)Cc1ccnc(N)c1. The molecule has 1 aromatic heterocycles. The molecule has 0 aromatic carbocycles. The van der Waals surface area contributed by atoms with E-state index in [9.17, 15) is 5.11 Å². The Morgan fingerprint density at radius 2 is 2.12 bits per heavy atom. The summed E-state index contributed by atoms with van der Waals surface area (Å²) in [5.74, 6) is 0.512. The zero-order valence-corrected chi connectivity index (χ0v) is 10.8. The van der Waals surface area contributed by atoms with Crippen molar-refractivity contribution in [2.45, 2.75) is 32.8 Å². The van der Waals surface area contributed by atoms with Gasteiger partial charge in [0.1, 0.15) is 5.82 Å². The summed E-state index contributed by atoms with van der Waals surface area (Å²) in [6.07, 6.45) is 2.82. The van der Waals surface area contributed by atoms with Gasteiger partial charge in [-0.15, -0.1) is 0 Å². The number of rotatable bonds is 7. The van der Waals surface area contributed by atoms with E-state index in [0.717, 1.165) is 31.6 Å². The lowest BCUT2D eigenvalue weighted by molar-refractivity contribution is 0.143. The Kier molecular flexibility index (Phi) is 5.94. The zero-order chi connectivity index (χ0) is 12.7. The van der Waals surface area contributed by atoms with E-state index in [-0.39, 0.29) is 6.10 Å². The average Bonchev–Trinajstić information content (AvgIpc) is 2.30. The zero-order valence-electron chi connectivity index (χ0n) is 10.8. The third-order valence-electron chi connectivity index (χ3n) is 2.99. The smallest absolute Gasteiger partial charge is 0.123 e. The second kappa shape index (κ2) is 7.25. The average molecular weight is 237 g/mol. The first-order valence-corrected chi connectivity index (χ1v) is 6.26. The van der Waals surface area contributed by atoms with Crippen LogP contribution in [0.15, 0.2) is 18.3 Å². The number of nitrogens with zero attached hydrogens (tertiary/aromatic N) is 2. The van der Waals surface area contributed by atoms with Crippen molar-refractivity contribution in [2.75, 3.05) is 25.4 Å². The number of nitrogen functional groups attached to an aromatic ring is 1. The van der Waals surface area contributed by atoms with Crippen LogP contribution in [0.5, 0.6) is 0 Å². The van der Waals surface area contributed by atoms with Crippen LogP contribution in [0.25, 0.3) is 0 Å². The van der Waals surface area contributed by atoms with Gasteiger partial charge in [-0.05, 0) is 43.6 Å². The Labute approximate surface area is 103 Å². The fraction of sp³-hybridized carbons (Fsp3) is 0.615. The summed E-state index contributed by atoms with van der Waals surface area (Å²) in [5.41, 5.74) is 6.64. The summed E-state index contributed by atoms with van der Waals surface area (Å²) in [5, 5.41) is 9.95. The Balaban J connectivity index is 2.36. The van der Waals surface area contributed by atoms with Crippen LogP contribution in [0.2, 0.25) is 0 Å². The molecule has 1 atom stereocenters. The predicted octanol–water partition coefficient (Wildman–Crippen LogP) is 1.30. The van der Waals surface area contributed by atoms with E-state index in [1.807, 2.05) is 12.1 Å². The van der Waals surface area contributed by atoms with E-state index in [2.05, 4.69) is 23.7 Å². The van der Waals surface area contributed by atoms with E-state index in [1.54, 1.807) is 6.20 Å². The van der Waals surface area contributed by atoms with Crippen molar-refractivity contribution in [2.24, 2.45) is 0 Å². The minimum Gasteiger partial charge on any atom is -0.393 e. The van der Waals surface area contributed by atoms with Crippen LogP contribution in [-0.4, -0.2) is 40.7 Å². The number of anilines is 1. The van der Waals surface area contributed by atoms with Crippen LogP contribution in [0, 0.1) is 0 Å². The molecule has 1 unspecified atom stereocenters. The van der Waals surface area contributed by atoms with Gasteiger partial charge in [0.25, 0.3) is 0 Å². The minimum atomic E-state index is -0.308. The Bertz CT molecular complexity index is 326. The largest absolute Gasteiger partial charge is 0.393 e. The lowest BCUT2D eigenvalue weighted by Crippen LogP contribution is -2.27. The van der Waals surface area contributed by atoms with E-state index >= 15 is 0 Å². The molecule has 0 saturated heterocycles. The van der Waals surface area contributed by atoms with Crippen LogP contribution < -0.4 is 5.73 Å². The Morgan fingerprint density at radius 1 is 1.41 bits per heavy atom. The molecule has 1 aromatic rings. The number of aliphatic hydroxyl groups excluding tert-OH is 1. The first kappa shape index (κ1) is 13.9. The van der Waals surface area contributed by atoms with Gasteiger partial charge in [0.05, 0.1) is 6.10 Å². The fourth-order valence-corrected chi connectivity index (χ4v) is 1.87. The molecule has 1 heterocycles. The molecule has 0 aliphatic heterocycles. The maximum atomic E-state index is 9.95. The van der Waals surface area contributed by atoms with E-state index in [4.69, 9.17) is 5.73 Å². The first-order chi connectivity index (χ1) is 8.15. The van der Waals surface area contributed by atoms with Gasteiger partial charge in [-0.2, -0.15) is 0 Å². The summed E-state index contributed by atoms with van der Waals surface area (Å²) in [4.78, 5) is 6.25. The van der Waals surface area contributed by atoms with Crippen LogP contribution in [0.1, 0.15) is 25.8 Å². The summed E-state index contributed by atoms with van der Waals surface area (Å²) in [6.45, 7) is 7.28. The molecule has 4 heteroatoms. The van der Waals surface area contributed by atoms with Crippen molar-refractivity contribution >= 4 is 5.82 Å². The lowest BCUT2D eigenvalue weighted by atomic mass is 10.1. The molecular weight excluding hydrogens is 214 g/mol. The first-order valence-electron chi connectivity index (χ1n) is 6.26. The van der Waals surface area contributed by atoms with Crippen molar-refractivity contribution in [3.05, 3.63) is 23.9 Å². The highest BCUT2D eigenvalue weighted by atomic mass is 16.3. The van der Waals surface area contributed by atoms with E-state index in [1.165, 1.54) is 0 Å². The molecule has 1 rings (SSSR count). The molecule has 96 valence electrons. The van der Waals surface area contributed by atoms with E-state index < -0.39 is 0 Å². The number of hydrogen-bond acceptors (Lipinski definition) is 4. The molecule has 0 fully saturated rings. The topological polar surface area (TPSA) is 62.4 Å². The van der Waals surface area contributed by atoms with Gasteiger partial charge in [0.2, 0.25) is 0 Å². The number of pyridine rings is 1. The number of aromatic nitrogens is 1. The monoisotopic (exact) mass is 237 g/mol. The highest BCUT2D eigenvalue weighted by molar-refractivity contribution is 5.32. The van der Waals surface area contributed by atoms with Crippen molar-refractivity contribution in [1.82, 2.24) is 9.88 Å². The van der Waals surface area contributed by atoms with Crippen LogP contribution in [0.3, 0.4) is 0 Å². The van der Waals surface area contributed by atoms with Gasteiger partial charge in [-0.3, -0.25) is 0 Å². The lowest BCUT2D eigenvalue weighted by Gasteiger charge is -2.20. The second-order valence-electron chi connectivity index (χ2n) is 4.26. The summed E-state index contributed by atoms with van der Waals surface area (Å²) < 4.78 is 0. The molecule has 0 spiro atoms. The van der Waals surface area contributed by atoms with Crippen LogP contribution in [0.4, 0.5) is 5.82 Å². The number of nitrogens with two attached hydrogens (primary N) is 1. The number of aliphatic hydroxyl groups is 1. The summed E-state index contributed by atoms with van der Waals surface area (Å²) in [7, 11) is 0. The normalized spacial score (nSPS) is 12.9.